The molecular formula is C19H20FN5O3S. The van der Waals surface area contributed by atoms with Gasteiger partial charge in [-0.25, -0.2) is 4.39 Å². The first kappa shape index (κ1) is 18.3. The van der Waals surface area contributed by atoms with Crippen molar-refractivity contribution in [3.05, 3.63) is 38.5 Å². The molecule has 3 N–H and O–H groups in total. The summed E-state index contributed by atoms with van der Waals surface area (Å²) in [6, 6.07) is 3.19. The molecule has 29 heavy (non-hydrogen) atoms. The largest absolute Gasteiger partial charge is 0.399 e. The van der Waals surface area contributed by atoms with E-state index in [1.165, 1.54) is 13.2 Å². The molecule has 3 heterocycles. The Balaban J connectivity index is 1.73. The molecule has 1 unspecified atom stereocenters. The van der Waals surface area contributed by atoms with Crippen molar-refractivity contribution in [3.8, 4) is 0 Å². The predicted octanol–water partition coefficient (Wildman–Crippen LogP) is 1.78. The number of nitrogens with zero attached hydrogens (tertiary/aromatic N) is 3. The number of anilines is 1. The van der Waals surface area contributed by atoms with Crippen LogP contribution >= 0.6 is 11.5 Å². The molecular weight excluding hydrogens is 397 g/mol. The molecule has 1 aliphatic carbocycles. The number of H-pyrrole nitrogens is 1. The molecule has 0 spiro atoms. The number of hydrogen-bond acceptors (Lipinski definition) is 7. The molecule has 0 bridgehead atoms. The van der Waals surface area contributed by atoms with E-state index in [4.69, 9.17) is 10.6 Å². The van der Waals surface area contributed by atoms with Crippen LogP contribution in [0.2, 0.25) is 0 Å². The first-order chi connectivity index (χ1) is 14.0. The second kappa shape index (κ2) is 6.67. The van der Waals surface area contributed by atoms with E-state index in [1.54, 1.807) is 6.07 Å². The summed E-state index contributed by atoms with van der Waals surface area (Å²) in [7, 11) is 1.47. The van der Waals surface area contributed by atoms with E-state index in [0.717, 1.165) is 30.1 Å². The molecule has 0 radical (unpaired) electrons. The maximum absolute atomic E-state index is 15.1. The van der Waals surface area contributed by atoms with Crippen LogP contribution in [-0.4, -0.2) is 41.4 Å². The van der Waals surface area contributed by atoms with Gasteiger partial charge in [-0.2, -0.15) is 0 Å². The average molecular weight is 417 g/mol. The molecule has 3 aromatic rings. The van der Waals surface area contributed by atoms with Gasteiger partial charge in [0.15, 0.2) is 0 Å². The lowest BCUT2D eigenvalue weighted by molar-refractivity contribution is 0.211. The summed E-state index contributed by atoms with van der Waals surface area (Å²) in [4.78, 5) is 32.5. The summed E-state index contributed by atoms with van der Waals surface area (Å²) in [5.74, 6) is -0.523. The highest BCUT2D eigenvalue weighted by molar-refractivity contribution is 7.12. The molecule has 1 aromatic carbocycles. The van der Waals surface area contributed by atoms with Gasteiger partial charge in [-0.3, -0.25) is 14.0 Å². The van der Waals surface area contributed by atoms with Gasteiger partial charge in [0.05, 0.1) is 23.5 Å². The molecule has 1 saturated carbocycles. The van der Waals surface area contributed by atoms with Crippen molar-refractivity contribution in [1.82, 2.24) is 8.94 Å². The molecule has 1 aliphatic heterocycles. The van der Waals surface area contributed by atoms with Crippen LogP contribution < -0.4 is 21.6 Å². The lowest BCUT2D eigenvalue weighted by Crippen LogP contribution is -2.24. The van der Waals surface area contributed by atoms with Crippen LogP contribution in [0.25, 0.3) is 21.1 Å². The minimum absolute atomic E-state index is 0.0203. The van der Waals surface area contributed by atoms with E-state index in [2.05, 4.69) is 9.53 Å². The Kier molecular flexibility index (Phi) is 4.21. The molecule has 2 aromatic heterocycles. The standard InChI is InChI=1S/C19H20FN5O3S/c1-28-22-13-8-24(7-9(13)6-21)15-5-14-11(4-12(15)20)17(26)16-18(27)23-29-19(16)25(14)10-2-3-10/h4-5,9-10H,2-3,6-8,21H2,1H3,(H,23,27)/b22-13-. The highest BCUT2D eigenvalue weighted by atomic mass is 32.1. The average Bonchev–Trinajstić information content (AvgIpc) is 3.35. The van der Waals surface area contributed by atoms with E-state index < -0.39 is 16.8 Å². The number of hydrogen-bond donors (Lipinski definition) is 2. The normalized spacial score (nSPS) is 21.0. The number of nitrogens with one attached hydrogen (secondary N) is 1. The fourth-order valence-corrected chi connectivity index (χ4v) is 5.08. The number of pyridine rings is 1. The highest BCUT2D eigenvalue weighted by Gasteiger charge is 2.33. The van der Waals surface area contributed by atoms with Crippen LogP contribution in [0.1, 0.15) is 18.9 Å². The predicted molar refractivity (Wildman–Crippen MR) is 112 cm³/mol. The number of oxime groups is 1. The second-order valence-electron chi connectivity index (χ2n) is 7.54. The molecule has 2 fully saturated rings. The van der Waals surface area contributed by atoms with Crippen molar-refractivity contribution in [1.29, 1.82) is 0 Å². The number of nitrogens with two attached hydrogens (primary N) is 1. The van der Waals surface area contributed by atoms with E-state index in [0.29, 0.717) is 35.7 Å². The summed E-state index contributed by atoms with van der Waals surface area (Å²) in [5.41, 5.74) is 6.82. The zero-order chi connectivity index (χ0) is 20.3. The Morgan fingerprint density at radius 2 is 2.17 bits per heavy atom. The number of benzene rings is 1. The van der Waals surface area contributed by atoms with E-state index >= 15 is 4.39 Å². The zero-order valence-electron chi connectivity index (χ0n) is 15.8. The van der Waals surface area contributed by atoms with Gasteiger partial charge in [0.2, 0.25) is 5.43 Å². The van der Waals surface area contributed by atoms with Gasteiger partial charge < -0.3 is 20.0 Å². The van der Waals surface area contributed by atoms with Gasteiger partial charge in [0, 0.05) is 30.4 Å². The van der Waals surface area contributed by atoms with Gasteiger partial charge in [-0.1, -0.05) is 5.16 Å². The molecule has 2 aliphatic rings. The molecule has 152 valence electrons. The quantitative estimate of drug-likeness (QED) is 0.630. The van der Waals surface area contributed by atoms with Crippen molar-refractivity contribution in [2.24, 2.45) is 16.8 Å². The Morgan fingerprint density at radius 1 is 1.38 bits per heavy atom. The van der Waals surface area contributed by atoms with Gasteiger partial charge in [0.1, 0.15) is 23.1 Å². The van der Waals surface area contributed by atoms with Crippen molar-refractivity contribution in [2.45, 2.75) is 18.9 Å². The molecule has 0 amide bonds. The van der Waals surface area contributed by atoms with Crippen LogP contribution in [0.3, 0.4) is 0 Å². The van der Waals surface area contributed by atoms with Gasteiger partial charge in [-0.15, -0.1) is 0 Å². The maximum atomic E-state index is 15.1. The zero-order valence-corrected chi connectivity index (χ0v) is 16.6. The number of aromatic amines is 1. The van der Waals surface area contributed by atoms with Gasteiger partial charge in [0.25, 0.3) is 5.56 Å². The maximum Gasteiger partial charge on any atom is 0.271 e. The van der Waals surface area contributed by atoms with E-state index in [9.17, 15) is 9.59 Å². The molecule has 1 saturated heterocycles. The molecule has 1 atom stereocenters. The van der Waals surface area contributed by atoms with Crippen LogP contribution in [0.4, 0.5) is 10.1 Å². The molecule has 5 rings (SSSR count). The third kappa shape index (κ3) is 2.77. The first-order valence-corrected chi connectivity index (χ1v) is 10.3. The number of halogens is 1. The second-order valence-corrected chi connectivity index (χ2v) is 8.34. The summed E-state index contributed by atoms with van der Waals surface area (Å²) in [6.45, 7) is 1.32. The van der Waals surface area contributed by atoms with Gasteiger partial charge >= 0.3 is 0 Å². The van der Waals surface area contributed by atoms with Crippen LogP contribution in [-0.2, 0) is 4.84 Å². The minimum Gasteiger partial charge on any atom is -0.399 e. The Morgan fingerprint density at radius 3 is 2.86 bits per heavy atom. The number of rotatable bonds is 4. The fourth-order valence-electron chi connectivity index (χ4n) is 4.15. The Bertz CT molecular complexity index is 1270. The topological polar surface area (TPSA) is 106 Å². The Labute approximate surface area is 168 Å². The molecule has 10 heteroatoms. The van der Waals surface area contributed by atoms with Crippen LogP contribution in [0.15, 0.2) is 26.9 Å². The van der Waals surface area contributed by atoms with Crippen molar-refractivity contribution >= 4 is 44.1 Å². The van der Waals surface area contributed by atoms with Crippen molar-refractivity contribution < 1.29 is 9.23 Å². The van der Waals surface area contributed by atoms with Crippen LogP contribution in [0.5, 0.6) is 0 Å². The summed E-state index contributed by atoms with van der Waals surface area (Å²) < 4.78 is 19.8. The lowest BCUT2D eigenvalue weighted by Gasteiger charge is -2.20. The van der Waals surface area contributed by atoms with Crippen molar-refractivity contribution in [2.75, 3.05) is 31.6 Å². The number of fused-ring (bicyclic) bond motifs is 2. The monoisotopic (exact) mass is 417 g/mol. The Hall–Kier alpha value is -2.72. The highest BCUT2D eigenvalue weighted by Crippen LogP contribution is 2.41. The van der Waals surface area contributed by atoms with Crippen LogP contribution in [0, 0.1) is 11.7 Å². The lowest BCUT2D eigenvalue weighted by atomic mass is 10.1. The summed E-state index contributed by atoms with van der Waals surface area (Å²) >= 11 is 1.16. The fraction of sp³-hybridized carbons (Fsp3) is 0.421. The first-order valence-electron chi connectivity index (χ1n) is 9.47. The summed E-state index contributed by atoms with van der Waals surface area (Å²) in [5, 5.41) is 4.38. The smallest absolute Gasteiger partial charge is 0.271 e. The minimum atomic E-state index is -0.502. The van der Waals surface area contributed by atoms with Crippen molar-refractivity contribution in [3.63, 3.8) is 0 Å². The third-order valence-electron chi connectivity index (χ3n) is 5.71. The van der Waals surface area contributed by atoms with E-state index in [1.807, 2.05) is 9.47 Å². The SMILES string of the molecule is CO/N=C1/CN(c2cc3c(cc2F)c(=O)c2c(=O)[nH]sc2n3C2CC2)CC1CN. The van der Waals surface area contributed by atoms with Gasteiger partial charge in [-0.05, 0) is 36.5 Å². The molecule has 8 nitrogen and oxygen atoms in total. The third-order valence-corrected chi connectivity index (χ3v) is 6.59. The number of aromatic nitrogens is 2. The summed E-state index contributed by atoms with van der Waals surface area (Å²) in [6.07, 6.45) is 1.94. The van der Waals surface area contributed by atoms with E-state index in [-0.39, 0.29) is 22.7 Å².